The van der Waals surface area contributed by atoms with Crippen molar-refractivity contribution in [1.82, 2.24) is 0 Å². The van der Waals surface area contributed by atoms with Crippen LogP contribution in [0.1, 0.15) is 25.8 Å². The van der Waals surface area contributed by atoms with Gasteiger partial charge < -0.3 is 9.47 Å². The van der Waals surface area contributed by atoms with Crippen molar-refractivity contribution >= 4 is 5.97 Å². The molecule has 1 rings (SSSR count). The molecular formula is C16H18O3. The summed E-state index contributed by atoms with van der Waals surface area (Å²) in [5.41, 5.74) is 0.943. The van der Waals surface area contributed by atoms with Crippen molar-refractivity contribution in [2.75, 3.05) is 6.61 Å². The summed E-state index contributed by atoms with van der Waals surface area (Å²) in [5, 5.41) is 0. The predicted molar refractivity (Wildman–Crippen MR) is 74.3 cm³/mol. The van der Waals surface area contributed by atoms with Gasteiger partial charge in [-0.15, -0.1) is 0 Å². The second-order valence-corrected chi connectivity index (χ2v) is 3.72. The topological polar surface area (TPSA) is 35.5 Å². The fraction of sp³-hybridized carbons (Fsp3) is 0.312. The van der Waals surface area contributed by atoms with Crippen LogP contribution in [-0.2, 0) is 14.3 Å². The average Bonchev–Trinajstić information content (AvgIpc) is 2.44. The number of benzene rings is 1. The second kappa shape index (κ2) is 8.82. The van der Waals surface area contributed by atoms with Crippen molar-refractivity contribution in [3.8, 4) is 11.8 Å². The molecule has 0 saturated carbocycles. The number of carbonyl (C=O) groups excluding carboxylic acids is 1. The smallest absolute Gasteiger partial charge is 0.333 e. The van der Waals surface area contributed by atoms with Crippen LogP contribution in [0.3, 0.4) is 0 Å². The first-order chi connectivity index (χ1) is 9.26. The molecule has 0 spiro atoms. The van der Waals surface area contributed by atoms with E-state index >= 15 is 0 Å². The standard InChI is InChI=1S/C16H18O3/c1-3-15(19-13-12-16(17)18-4-2)11-10-14-8-6-5-7-9-14/h5-9,12-13,15H,3-4H2,1-2H3/b13-12+. The van der Waals surface area contributed by atoms with E-state index < -0.39 is 5.97 Å². The normalized spacial score (nSPS) is 11.5. The van der Waals surface area contributed by atoms with Gasteiger partial charge in [0, 0.05) is 5.56 Å². The van der Waals surface area contributed by atoms with Crippen molar-refractivity contribution in [2.45, 2.75) is 26.4 Å². The maximum Gasteiger partial charge on any atom is 0.333 e. The zero-order chi connectivity index (χ0) is 13.9. The maximum absolute atomic E-state index is 11.1. The van der Waals surface area contributed by atoms with Crippen LogP contribution in [0.5, 0.6) is 0 Å². The Balaban J connectivity index is 2.51. The Labute approximate surface area is 114 Å². The molecule has 0 aliphatic carbocycles. The molecule has 1 atom stereocenters. The lowest BCUT2D eigenvalue weighted by Crippen LogP contribution is -2.06. The number of hydrogen-bond donors (Lipinski definition) is 0. The van der Waals surface area contributed by atoms with E-state index in [0.29, 0.717) is 6.61 Å². The van der Waals surface area contributed by atoms with E-state index in [4.69, 9.17) is 9.47 Å². The molecule has 0 bridgehead atoms. The molecule has 0 heterocycles. The third-order valence-electron chi connectivity index (χ3n) is 2.26. The molecule has 0 saturated heterocycles. The molecule has 0 aliphatic rings. The lowest BCUT2D eigenvalue weighted by molar-refractivity contribution is -0.137. The zero-order valence-electron chi connectivity index (χ0n) is 11.3. The van der Waals surface area contributed by atoms with E-state index in [1.165, 1.54) is 12.3 Å². The lowest BCUT2D eigenvalue weighted by Gasteiger charge is -2.06. The van der Waals surface area contributed by atoms with E-state index in [0.717, 1.165) is 12.0 Å². The number of ether oxygens (including phenoxy) is 2. The molecular weight excluding hydrogens is 240 g/mol. The van der Waals surface area contributed by atoms with Crippen LogP contribution in [0, 0.1) is 11.8 Å². The van der Waals surface area contributed by atoms with Gasteiger partial charge in [-0.1, -0.05) is 37.0 Å². The van der Waals surface area contributed by atoms with Crippen LogP contribution in [0.4, 0.5) is 0 Å². The fourth-order valence-corrected chi connectivity index (χ4v) is 1.30. The molecule has 100 valence electrons. The van der Waals surface area contributed by atoms with Crippen LogP contribution in [0.25, 0.3) is 0 Å². The molecule has 1 unspecified atom stereocenters. The van der Waals surface area contributed by atoms with Crippen LogP contribution >= 0.6 is 0 Å². The summed E-state index contributed by atoms with van der Waals surface area (Å²) >= 11 is 0. The van der Waals surface area contributed by atoms with Gasteiger partial charge >= 0.3 is 5.97 Å². The first-order valence-electron chi connectivity index (χ1n) is 6.31. The molecule has 0 N–H and O–H groups in total. The van der Waals surface area contributed by atoms with E-state index in [-0.39, 0.29) is 6.10 Å². The minimum atomic E-state index is -0.409. The summed E-state index contributed by atoms with van der Waals surface area (Å²) in [6, 6.07) is 9.70. The van der Waals surface area contributed by atoms with Gasteiger partial charge in [-0.25, -0.2) is 4.79 Å². The summed E-state index contributed by atoms with van der Waals surface area (Å²) in [4.78, 5) is 11.1. The predicted octanol–water partition coefficient (Wildman–Crippen LogP) is 2.91. The average molecular weight is 258 g/mol. The molecule has 0 aromatic heterocycles. The van der Waals surface area contributed by atoms with Gasteiger partial charge in [0.1, 0.15) is 0 Å². The third-order valence-corrected chi connectivity index (χ3v) is 2.26. The molecule has 19 heavy (non-hydrogen) atoms. The number of hydrogen-bond acceptors (Lipinski definition) is 3. The zero-order valence-corrected chi connectivity index (χ0v) is 11.3. The Morgan fingerprint density at radius 2 is 2.05 bits per heavy atom. The Kier molecular flexibility index (Phi) is 6.89. The van der Waals surface area contributed by atoms with Gasteiger partial charge in [-0.3, -0.25) is 0 Å². The third kappa shape index (κ3) is 6.32. The number of carbonyl (C=O) groups is 1. The molecule has 3 heteroatoms. The van der Waals surface area contributed by atoms with E-state index in [2.05, 4.69) is 11.8 Å². The van der Waals surface area contributed by atoms with Gasteiger partial charge in [0.05, 0.1) is 18.9 Å². The summed E-state index contributed by atoms with van der Waals surface area (Å²) in [5.74, 6) is 5.64. The van der Waals surface area contributed by atoms with Crippen LogP contribution in [-0.4, -0.2) is 18.7 Å². The van der Waals surface area contributed by atoms with Gasteiger partial charge in [-0.05, 0) is 25.5 Å². The molecule has 3 nitrogen and oxygen atoms in total. The first kappa shape index (κ1) is 14.8. The largest absolute Gasteiger partial charge is 0.485 e. The summed E-state index contributed by atoms with van der Waals surface area (Å²) in [6.07, 6.45) is 3.11. The van der Waals surface area contributed by atoms with E-state index in [1.54, 1.807) is 6.92 Å². The molecule has 0 aliphatic heterocycles. The monoisotopic (exact) mass is 258 g/mol. The molecule has 0 radical (unpaired) electrons. The Hall–Kier alpha value is -2.21. The quantitative estimate of drug-likeness (QED) is 0.352. The Morgan fingerprint density at radius 3 is 2.68 bits per heavy atom. The van der Waals surface area contributed by atoms with Crippen LogP contribution in [0.15, 0.2) is 42.7 Å². The highest BCUT2D eigenvalue weighted by Crippen LogP contribution is 2.00. The fourth-order valence-electron chi connectivity index (χ4n) is 1.30. The van der Waals surface area contributed by atoms with E-state index in [9.17, 15) is 4.79 Å². The van der Waals surface area contributed by atoms with E-state index in [1.807, 2.05) is 37.3 Å². The highest BCUT2D eigenvalue weighted by Gasteiger charge is 2.00. The summed E-state index contributed by atoms with van der Waals surface area (Å²) < 4.78 is 10.1. The van der Waals surface area contributed by atoms with Gasteiger partial charge in [0.2, 0.25) is 0 Å². The summed E-state index contributed by atoms with van der Waals surface area (Å²) in [6.45, 7) is 4.09. The molecule has 0 amide bonds. The minimum absolute atomic E-state index is 0.231. The second-order valence-electron chi connectivity index (χ2n) is 3.72. The van der Waals surface area contributed by atoms with Crippen molar-refractivity contribution < 1.29 is 14.3 Å². The van der Waals surface area contributed by atoms with Crippen LogP contribution < -0.4 is 0 Å². The molecule has 1 aromatic carbocycles. The highest BCUT2D eigenvalue weighted by atomic mass is 16.5. The molecule has 0 fully saturated rings. The molecule has 1 aromatic rings. The maximum atomic E-state index is 11.1. The van der Waals surface area contributed by atoms with Crippen LogP contribution in [0.2, 0.25) is 0 Å². The van der Waals surface area contributed by atoms with Gasteiger partial charge in [0.15, 0.2) is 6.10 Å². The number of rotatable bonds is 5. The Morgan fingerprint density at radius 1 is 1.32 bits per heavy atom. The van der Waals surface area contributed by atoms with Crippen molar-refractivity contribution in [3.05, 3.63) is 48.2 Å². The summed E-state index contributed by atoms with van der Waals surface area (Å²) in [7, 11) is 0. The van der Waals surface area contributed by atoms with Crippen molar-refractivity contribution in [1.29, 1.82) is 0 Å². The minimum Gasteiger partial charge on any atom is -0.485 e. The Bertz CT molecular complexity index is 466. The highest BCUT2D eigenvalue weighted by molar-refractivity contribution is 5.81. The van der Waals surface area contributed by atoms with Crippen molar-refractivity contribution in [3.63, 3.8) is 0 Å². The number of esters is 1. The van der Waals surface area contributed by atoms with Crippen molar-refractivity contribution in [2.24, 2.45) is 0 Å². The SMILES string of the molecule is CCOC(=O)/C=C/OC(C#Cc1ccccc1)CC. The van der Waals surface area contributed by atoms with Gasteiger partial charge in [-0.2, -0.15) is 0 Å². The lowest BCUT2D eigenvalue weighted by atomic mass is 10.2. The first-order valence-corrected chi connectivity index (χ1v) is 6.31. The van der Waals surface area contributed by atoms with Gasteiger partial charge in [0.25, 0.3) is 0 Å².